The Labute approximate surface area is 133 Å². The first-order valence-electron chi connectivity index (χ1n) is 7.51. The number of rotatable bonds is 4. The van der Waals surface area contributed by atoms with Crippen molar-refractivity contribution >= 4 is 22.5 Å². The standard InChI is InChI=1S/C18H17N3O2/c1-2-13-6-5-7-14(10-13)20-18(23)12-21-16-9-4-3-8-15(16)17(22)11-19-21/h3-11H,2,12H2,1H3,(H,20,23). The Morgan fingerprint density at radius 3 is 2.83 bits per heavy atom. The third-order valence-electron chi connectivity index (χ3n) is 3.67. The maximum atomic E-state index is 12.3. The van der Waals surface area contributed by atoms with Crippen LogP contribution in [0.25, 0.3) is 10.9 Å². The summed E-state index contributed by atoms with van der Waals surface area (Å²) in [5.41, 5.74) is 2.43. The summed E-state index contributed by atoms with van der Waals surface area (Å²) in [6.07, 6.45) is 2.16. The molecule has 5 nitrogen and oxygen atoms in total. The van der Waals surface area contributed by atoms with Gasteiger partial charge in [-0.1, -0.05) is 31.2 Å². The van der Waals surface area contributed by atoms with Crippen LogP contribution in [0.4, 0.5) is 5.69 Å². The number of benzene rings is 2. The average Bonchev–Trinajstić information content (AvgIpc) is 2.58. The minimum atomic E-state index is -0.181. The second-order valence-corrected chi connectivity index (χ2v) is 5.29. The van der Waals surface area contributed by atoms with Gasteiger partial charge in [-0.3, -0.25) is 14.3 Å². The molecule has 23 heavy (non-hydrogen) atoms. The van der Waals surface area contributed by atoms with E-state index in [1.807, 2.05) is 30.3 Å². The number of carbonyl (C=O) groups is 1. The van der Waals surface area contributed by atoms with E-state index < -0.39 is 0 Å². The van der Waals surface area contributed by atoms with Crippen LogP contribution in [-0.2, 0) is 17.8 Å². The van der Waals surface area contributed by atoms with Crippen molar-refractivity contribution in [2.75, 3.05) is 5.32 Å². The van der Waals surface area contributed by atoms with Crippen LogP contribution in [0.5, 0.6) is 0 Å². The summed E-state index contributed by atoms with van der Waals surface area (Å²) in [6.45, 7) is 2.12. The fourth-order valence-electron chi connectivity index (χ4n) is 2.49. The number of fused-ring (bicyclic) bond motifs is 1. The molecule has 0 saturated heterocycles. The summed E-state index contributed by atoms with van der Waals surface area (Å²) in [6, 6.07) is 14.9. The number of amides is 1. The topological polar surface area (TPSA) is 64.0 Å². The molecule has 3 aromatic rings. The predicted octanol–water partition coefficient (Wildman–Crippen LogP) is 2.60. The van der Waals surface area contributed by atoms with Gasteiger partial charge in [-0.05, 0) is 36.2 Å². The average molecular weight is 307 g/mol. The maximum absolute atomic E-state index is 12.3. The maximum Gasteiger partial charge on any atom is 0.246 e. The lowest BCUT2D eigenvalue weighted by Gasteiger charge is -2.10. The molecule has 1 heterocycles. The van der Waals surface area contributed by atoms with Gasteiger partial charge in [-0.15, -0.1) is 0 Å². The normalized spacial score (nSPS) is 10.7. The van der Waals surface area contributed by atoms with Crippen LogP contribution in [0.15, 0.2) is 59.5 Å². The van der Waals surface area contributed by atoms with E-state index in [4.69, 9.17) is 0 Å². The van der Waals surface area contributed by atoms with Crippen molar-refractivity contribution in [2.45, 2.75) is 19.9 Å². The number of nitrogens with zero attached hydrogens (tertiary/aromatic N) is 2. The van der Waals surface area contributed by atoms with E-state index in [0.717, 1.165) is 17.7 Å². The summed E-state index contributed by atoms with van der Waals surface area (Å²) in [5, 5.41) is 7.49. The summed E-state index contributed by atoms with van der Waals surface area (Å²) in [4.78, 5) is 24.1. The number of aryl methyl sites for hydroxylation is 1. The van der Waals surface area contributed by atoms with Gasteiger partial charge in [0.15, 0.2) is 0 Å². The van der Waals surface area contributed by atoms with E-state index in [9.17, 15) is 9.59 Å². The molecule has 0 unspecified atom stereocenters. The Kier molecular flexibility index (Phi) is 4.19. The molecule has 2 aromatic carbocycles. The molecule has 0 spiro atoms. The Balaban J connectivity index is 1.83. The van der Waals surface area contributed by atoms with E-state index in [0.29, 0.717) is 10.9 Å². The predicted molar refractivity (Wildman–Crippen MR) is 90.5 cm³/mol. The molecule has 3 rings (SSSR count). The first-order valence-corrected chi connectivity index (χ1v) is 7.51. The minimum absolute atomic E-state index is 0.0527. The van der Waals surface area contributed by atoms with E-state index in [1.54, 1.807) is 18.2 Å². The molecular weight excluding hydrogens is 290 g/mol. The van der Waals surface area contributed by atoms with Gasteiger partial charge in [0, 0.05) is 11.1 Å². The highest BCUT2D eigenvalue weighted by molar-refractivity contribution is 5.91. The summed E-state index contributed by atoms with van der Waals surface area (Å²) in [7, 11) is 0. The quantitative estimate of drug-likeness (QED) is 0.806. The number of carbonyl (C=O) groups excluding carboxylic acids is 1. The number of nitrogens with one attached hydrogen (secondary N) is 1. The molecule has 1 amide bonds. The monoisotopic (exact) mass is 307 g/mol. The van der Waals surface area contributed by atoms with Gasteiger partial charge in [-0.25, -0.2) is 0 Å². The summed E-state index contributed by atoms with van der Waals surface area (Å²) >= 11 is 0. The van der Waals surface area contributed by atoms with Gasteiger partial charge in [0.05, 0.1) is 11.7 Å². The van der Waals surface area contributed by atoms with Crippen LogP contribution in [0.1, 0.15) is 12.5 Å². The van der Waals surface area contributed by atoms with E-state index in [-0.39, 0.29) is 17.9 Å². The zero-order chi connectivity index (χ0) is 16.2. The fourth-order valence-corrected chi connectivity index (χ4v) is 2.49. The van der Waals surface area contributed by atoms with Crippen molar-refractivity contribution in [3.63, 3.8) is 0 Å². The molecule has 0 aliphatic heterocycles. The number of aromatic nitrogens is 2. The van der Waals surface area contributed by atoms with Crippen molar-refractivity contribution in [1.82, 2.24) is 9.78 Å². The third kappa shape index (κ3) is 3.29. The van der Waals surface area contributed by atoms with E-state index in [1.165, 1.54) is 10.9 Å². The smallest absolute Gasteiger partial charge is 0.246 e. The molecule has 1 N–H and O–H groups in total. The van der Waals surface area contributed by atoms with Crippen molar-refractivity contribution in [3.05, 3.63) is 70.5 Å². The number of anilines is 1. The molecule has 0 aliphatic carbocycles. The Hall–Kier alpha value is -2.95. The first kappa shape index (κ1) is 15.0. The summed E-state index contributed by atoms with van der Waals surface area (Å²) in [5.74, 6) is -0.181. The van der Waals surface area contributed by atoms with Crippen LogP contribution >= 0.6 is 0 Å². The van der Waals surface area contributed by atoms with Gasteiger partial charge < -0.3 is 5.32 Å². The Bertz CT molecular complexity index is 915. The molecule has 5 heteroatoms. The van der Waals surface area contributed by atoms with Gasteiger partial charge in [-0.2, -0.15) is 5.10 Å². The highest BCUT2D eigenvalue weighted by Gasteiger charge is 2.08. The molecule has 1 aromatic heterocycles. The van der Waals surface area contributed by atoms with Crippen LogP contribution in [0.3, 0.4) is 0 Å². The van der Waals surface area contributed by atoms with E-state index >= 15 is 0 Å². The zero-order valence-electron chi connectivity index (χ0n) is 12.8. The SMILES string of the molecule is CCc1cccc(NC(=O)Cn2ncc(=O)c3ccccc32)c1. The van der Waals surface area contributed by atoms with E-state index in [2.05, 4.69) is 17.3 Å². The van der Waals surface area contributed by atoms with Gasteiger partial charge in [0.25, 0.3) is 0 Å². The van der Waals surface area contributed by atoms with Crippen molar-refractivity contribution < 1.29 is 4.79 Å². The molecule has 0 bridgehead atoms. The molecule has 0 radical (unpaired) electrons. The number of hydrogen-bond donors (Lipinski definition) is 1. The van der Waals surface area contributed by atoms with Crippen molar-refractivity contribution in [1.29, 1.82) is 0 Å². The van der Waals surface area contributed by atoms with Crippen molar-refractivity contribution in [2.24, 2.45) is 0 Å². The second kappa shape index (κ2) is 6.44. The number of para-hydroxylation sites is 1. The highest BCUT2D eigenvalue weighted by atomic mass is 16.2. The second-order valence-electron chi connectivity index (χ2n) is 5.29. The number of hydrogen-bond acceptors (Lipinski definition) is 3. The van der Waals surface area contributed by atoms with Gasteiger partial charge >= 0.3 is 0 Å². The lowest BCUT2D eigenvalue weighted by Crippen LogP contribution is -2.22. The first-order chi connectivity index (χ1) is 11.2. The van der Waals surface area contributed by atoms with Crippen LogP contribution < -0.4 is 10.7 Å². The molecule has 116 valence electrons. The summed E-state index contributed by atoms with van der Waals surface area (Å²) < 4.78 is 1.54. The largest absolute Gasteiger partial charge is 0.324 e. The lowest BCUT2D eigenvalue weighted by molar-refractivity contribution is -0.116. The molecular formula is C18H17N3O2. The Morgan fingerprint density at radius 2 is 2.00 bits per heavy atom. The lowest BCUT2D eigenvalue weighted by atomic mass is 10.1. The van der Waals surface area contributed by atoms with Gasteiger partial charge in [0.2, 0.25) is 11.3 Å². The van der Waals surface area contributed by atoms with Gasteiger partial charge in [0.1, 0.15) is 6.54 Å². The van der Waals surface area contributed by atoms with Crippen LogP contribution in [0.2, 0.25) is 0 Å². The molecule has 0 atom stereocenters. The molecule has 0 fully saturated rings. The third-order valence-corrected chi connectivity index (χ3v) is 3.67. The highest BCUT2D eigenvalue weighted by Crippen LogP contribution is 2.12. The Morgan fingerprint density at radius 1 is 1.17 bits per heavy atom. The minimum Gasteiger partial charge on any atom is -0.324 e. The zero-order valence-corrected chi connectivity index (χ0v) is 12.8. The van der Waals surface area contributed by atoms with Crippen LogP contribution in [0, 0.1) is 0 Å². The fraction of sp³-hybridized carbons (Fsp3) is 0.167. The molecule has 0 saturated carbocycles. The molecule has 0 aliphatic rings. The van der Waals surface area contributed by atoms with Crippen molar-refractivity contribution in [3.8, 4) is 0 Å². The van der Waals surface area contributed by atoms with Crippen LogP contribution in [-0.4, -0.2) is 15.7 Å².